The largest absolute Gasteiger partial charge is 0.508 e. The number of ketones is 1. The van der Waals surface area contributed by atoms with Gasteiger partial charge in [0, 0.05) is 19.9 Å². The molecule has 10 heteroatoms. The van der Waals surface area contributed by atoms with Crippen LogP contribution in [0.2, 0.25) is 0 Å². The highest BCUT2D eigenvalue weighted by Crippen LogP contribution is 2.21. The van der Waals surface area contributed by atoms with Crippen molar-refractivity contribution in [1.29, 1.82) is 0 Å². The molecule has 1 atom stereocenters. The Balaban J connectivity index is 0.000000671. The molecule has 1 fully saturated rings. The van der Waals surface area contributed by atoms with Gasteiger partial charge in [-0.3, -0.25) is 13.6 Å². The van der Waals surface area contributed by atoms with E-state index in [0.29, 0.717) is 33.3 Å². The van der Waals surface area contributed by atoms with E-state index < -0.39 is 6.10 Å². The topological polar surface area (TPSA) is 101 Å². The number of aliphatic hydroxyl groups is 1. The van der Waals surface area contributed by atoms with Gasteiger partial charge in [-0.15, -0.1) is 0 Å². The number of aromatic hydroxyl groups is 1. The third kappa shape index (κ3) is 20.0. The first-order chi connectivity index (χ1) is 23.6. The summed E-state index contributed by atoms with van der Waals surface area (Å²) in [5.74, 6) is 2.56. The molecule has 1 saturated heterocycles. The number of ether oxygens (including phenoxy) is 3. The van der Waals surface area contributed by atoms with E-state index in [1.165, 1.54) is 31.5 Å². The molecule has 49 heavy (non-hydrogen) atoms. The van der Waals surface area contributed by atoms with Gasteiger partial charge in [0.1, 0.15) is 23.0 Å². The molecule has 1 heterocycles. The second-order valence-corrected chi connectivity index (χ2v) is 10.8. The van der Waals surface area contributed by atoms with E-state index in [4.69, 9.17) is 19.3 Å². The van der Waals surface area contributed by atoms with Gasteiger partial charge in [0.25, 0.3) is 0 Å². The van der Waals surface area contributed by atoms with Crippen LogP contribution in [-0.2, 0) is 16.0 Å². The number of phenols is 1. The normalized spacial score (nSPS) is 12.6. The molecule has 1 aliphatic heterocycles. The van der Waals surface area contributed by atoms with Crippen LogP contribution in [0.5, 0.6) is 17.2 Å². The standard InChI is InChI=1S/C13H19NO2.C13H17NO.C11H14O3.2CH3F/c15-12-5-3-11(4-6-12)13(16)7-10-14-8-1-2-9-14;1-5-12-6-8-13(9-7-12)10(2)14-11(3)15-4;1-9(12)7-8-14-11-5-3-10(13-2)4-6-11;2*1-2/h3-6,13,15-16H,1-2,7-10H2;6-9H,2,5H2,1,3-4H3;3-6H,7-8H2,1-2H3;2*1H3/t13-;;;;/m0..../s1. The smallest absolute Gasteiger partial charge is 0.184 e. The molecule has 4 rings (SSSR count). The fourth-order valence-corrected chi connectivity index (χ4v) is 4.39. The Morgan fingerprint density at radius 2 is 1.45 bits per heavy atom. The summed E-state index contributed by atoms with van der Waals surface area (Å²) < 4.78 is 34.3. The number of methoxy groups -OCH3 is 2. The summed E-state index contributed by atoms with van der Waals surface area (Å²) in [7, 11) is 4.22. The monoisotopic (exact) mass is 686 g/mol. The van der Waals surface area contributed by atoms with Crippen molar-refractivity contribution in [3.8, 4) is 17.2 Å². The number of Topliss-reactive ketones (excluding diaryl/α,β-unsaturated/α-hetero) is 1. The minimum atomic E-state index is -0.416. The van der Waals surface area contributed by atoms with Gasteiger partial charge < -0.3 is 29.3 Å². The molecule has 3 aromatic carbocycles. The Labute approximate surface area is 292 Å². The summed E-state index contributed by atoms with van der Waals surface area (Å²) in [4.78, 5) is 17.2. The summed E-state index contributed by atoms with van der Waals surface area (Å²) in [6.07, 6.45) is 4.43. The van der Waals surface area contributed by atoms with Crippen LogP contribution in [0.1, 0.15) is 69.2 Å². The van der Waals surface area contributed by atoms with Crippen molar-refractivity contribution in [1.82, 2.24) is 4.90 Å². The van der Waals surface area contributed by atoms with Crippen LogP contribution in [0.4, 0.5) is 8.78 Å². The second kappa shape index (κ2) is 27.6. The molecule has 3 aromatic rings. The van der Waals surface area contributed by atoms with Gasteiger partial charge in [-0.2, -0.15) is 0 Å². The van der Waals surface area contributed by atoms with Crippen LogP contribution >= 0.6 is 0 Å². The van der Waals surface area contributed by atoms with E-state index in [0.717, 1.165) is 47.7 Å². The minimum Gasteiger partial charge on any atom is -0.508 e. The number of benzene rings is 3. The Hall–Kier alpha value is -4.28. The second-order valence-electron chi connectivity index (χ2n) is 10.8. The Kier molecular flexibility index (Phi) is 25.2. The minimum absolute atomic E-state index is 0.138. The summed E-state index contributed by atoms with van der Waals surface area (Å²) in [5.41, 5.74) is 3.97. The zero-order chi connectivity index (χ0) is 37.0. The summed E-state index contributed by atoms with van der Waals surface area (Å²) in [5, 5.41) is 19.1. The van der Waals surface area contributed by atoms with Gasteiger partial charge in [0.2, 0.25) is 0 Å². The van der Waals surface area contributed by atoms with Crippen molar-refractivity contribution in [2.75, 3.05) is 54.8 Å². The molecule has 0 saturated carbocycles. The zero-order valence-corrected chi connectivity index (χ0v) is 30.3. The predicted molar refractivity (Wildman–Crippen MR) is 196 cm³/mol. The van der Waals surface area contributed by atoms with Gasteiger partial charge in [-0.1, -0.05) is 49.9 Å². The average molecular weight is 687 g/mol. The fourth-order valence-electron chi connectivity index (χ4n) is 4.39. The molecular weight excluding hydrogens is 630 g/mol. The van der Waals surface area contributed by atoms with E-state index in [9.17, 15) is 18.7 Å². The number of likely N-dealkylation sites (tertiary alicyclic amines) is 1. The van der Waals surface area contributed by atoms with E-state index >= 15 is 0 Å². The number of aliphatic imine (C=N–C) groups is 1. The number of aryl methyl sites for hydroxylation is 1. The lowest BCUT2D eigenvalue weighted by atomic mass is 10.1. The van der Waals surface area contributed by atoms with E-state index in [1.54, 1.807) is 45.4 Å². The predicted octanol–water partition coefficient (Wildman–Crippen LogP) is 8.42. The highest BCUT2D eigenvalue weighted by Gasteiger charge is 2.14. The zero-order valence-electron chi connectivity index (χ0n) is 30.3. The van der Waals surface area contributed by atoms with Gasteiger partial charge >= 0.3 is 0 Å². The highest BCUT2D eigenvalue weighted by atomic mass is 19.1. The number of halogens is 2. The lowest BCUT2D eigenvalue weighted by Crippen LogP contribution is -2.22. The fraction of sp³-hybridized carbons (Fsp3) is 0.436. The van der Waals surface area contributed by atoms with Crippen molar-refractivity contribution < 1.29 is 38.0 Å². The van der Waals surface area contributed by atoms with E-state index in [2.05, 4.69) is 35.5 Å². The van der Waals surface area contributed by atoms with E-state index in [1.807, 2.05) is 43.3 Å². The lowest BCUT2D eigenvalue weighted by molar-refractivity contribution is -0.117. The Morgan fingerprint density at radius 1 is 0.898 bits per heavy atom. The van der Waals surface area contributed by atoms with Gasteiger partial charge in [-0.25, -0.2) is 4.99 Å². The number of aliphatic hydroxyl groups excluding tert-OH is 1. The van der Waals surface area contributed by atoms with Crippen LogP contribution in [0, 0.1) is 0 Å². The maximum atomic E-state index is 10.6. The number of hydrogen-bond acceptors (Lipinski definition) is 8. The molecule has 0 unspecified atom stereocenters. The van der Waals surface area contributed by atoms with E-state index in [-0.39, 0.29) is 11.5 Å². The summed E-state index contributed by atoms with van der Waals surface area (Å²) in [6.45, 7) is 13.1. The number of carbonyl (C=O) groups is 1. The quantitative estimate of drug-likeness (QED) is 0.146. The van der Waals surface area contributed by atoms with Crippen molar-refractivity contribution >= 4 is 17.4 Å². The highest BCUT2D eigenvalue weighted by molar-refractivity contribution is 5.81. The van der Waals surface area contributed by atoms with Crippen LogP contribution in [0.25, 0.3) is 5.70 Å². The van der Waals surface area contributed by atoms with Crippen LogP contribution in [-0.4, -0.2) is 81.6 Å². The molecular formula is C39H56F2N2O6. The summed E-state index contributed by atoms with van der Waals surface area (Å²) in [6, 6.07) is 22.3. The van der Waals surface area contributed by atoms with Gasteiger partial charge in [0.15, 0.2) is 5.90 Å². The molecule has 0 aliphatic carbocycles. The number of phenolic OH excluding ortho intramolecular Hbond substituents is 1. The Morgan fingerprint density at radius 3 is 1.94 bits per heavy atom. The molecule has 2 N–H and O–H groups in total. The van der Waals surface area contributed by atoms with Crippen LogP contribution in [0.3, 0.4) is 0 Å². The number of hydrogen-bond donors (Lipinski definition) is 2. The van der Waals surface area contributed by atoms with Crippen molar-refractivity contribution in [2.45, 2.75) is 59.0 Å². The van der Waals surface area contributed by atoms with Gasteiger partial charge in [0.05, 0.1) is 47.0 Å². The van der Waals surface area contributed by atoms with Crippen molar-refractivity contribution in [2.24, 2.45) is 4.99 Å². The Bertz CT molecular complexity index is 1310. The van der Waals surface area contributed by atoms with Crippen molar-refractivity contribution in [3.63, 3.8) is 0 Å². The molecule has 0 radical (unpaired) electrons. The average Bonchev–Trinajstić information content (AvgIpc) is 3.67. The molecule has 0 spiro atoms. The number of nitrogens with zero attached hydrogens (tertiary/aromatic N) is 2. The molecule has 0 amide bonds. The number of rotatable bonds is 12. The molecule has 1 aliphatic rings. The third-order valence-electron chi connectivity index (χ3n) is 7.26. The maximum Gasteiger partial charge on any atom is 0.184 e. The lowest BCUT2D eigenvalue weighted by Gasteiger charge is -2.17. The third-order valence-corrected chi connectivity index (χ3v) is 7.26. The first-order valence-electron chi connectivity index (χ1n) is 16.2. The van der Waals surface area contributed by atoms with Crippen molar-refractivity contribution in [3.05, 3.63) is 96.1 Å². The number of carbonyl (C=O) groups excluding carboxylic acids is 1. The SMILES string of the molecule is C=C(N=C(C)OC)c1ccc(CC)cc1.CF.CF.COc1ccc(OCCC(C)=O)cc1.Oc1ccc([C@@H](O)CCN2CCCC2)cc1. The maximum absolute atomic E-state index is 10.6. The first kappa shape index (κ1) is 44.7. The van der Waals surface area contributed by atoms with Crippen LogP contribution < -0.4 is 9.47 Å². The first-order valence-corrected chi connectivity index (χ1v) is 16.2. The van der Waals surface area contributed by atoms with Crippen LogP contribution in [0.15, 0.2) is 84.4 Å². The number of alkyl halides is 2. The molecule has 0 aromatic heterocycles. The summed E-state index contributed by atoms with van der Waals surface area (Å²) >= 11 is 0. The molecule has 8 nitrogen and oxygen atoms in total. The molecule has 0 bridgehead atoms. The van der Waals surface area contributed by atoms with Gasteiger partial charge in [-0.05, 0) is 98.8 Å². The molecule has 272 valence electrons.